The molecule has 4 amide bonds. The average molecular weight is 505 g/mol. The van der Waals surface area contributed by atoms with Gasteiger partial charge in [0.05, 0.1) is 13.0 Å². The Hall–Kier alpha value is -4.46. The van der Waals surface area contributed by atoms with Gasteiger partial charge in [-0.3, -0.25) is 24.0 Å². The van der Waals surface area contributed by atoms with Crippen LogP contribution in [-0.4, -0.2) is 75.4 Å². The second-order valence-corrected chi connectivity index (χ2v) is 7.95. The Balaban J connectivity index is 2.32. The summed E-state index contributed by atoms with van der Waals surface area (Å²) in [6, 6.07) is 2.76. The highest BCUT2D eigenvalue weighted by molar-refractivity contribution is 5.95. The van der Waals surface area contributed by atoms with Gasteiger partial charge in [-0.15, -0.1) is 0 Å². The van der Waals surface area contributed by atoms with Crippen LogP contribution >= 0.6 is 0 Å². The molecule has 0 radical (unpaired) electrons. The second kappa shape index (κ2) is 12.9. The van der Waals surface area contributed by atoms with E-state index in [0.717, 1.165) is 10.9 Å². The topological polar surface area (TPSA) is 247 Å². The molecule has 0 saturated carbocycles. The first kappa shape index (κ1) is 27.8. The van der Waals surface area contributed by atoms with E-state index in [9.17, 15) is 33.9 Å². The van der Waals surface area contributed by atoms with Gasteiger partial charge in [-0.1, -0.05) is 18.2 Å². The van der Waals surface area contributed by atoms with Crippen molar-refractivity contribution in [2.75, 3.05) is 6.54 Å². The number of fused-ring (bicyclic) bond motifs is 1. The van der Waals surface area contributed by atoms with Crippen LogP contribution in [0.25, 0.3) is 10.9 Å². The predicted molar refractivity (Wildman–Crippen MR) is 125 cm³/mol. The zero-order chi connectivity index (χ0) is 26.8. The number of benzene rings is 1. The molecule has 14 nitrogen and oxygen atoms in total. The fourth-order valence-corrected chi connectivity index (χ4v) is 3.46. The van der Waals surface area contributed by atoms with Gasteiger partial charge in [0.1, 0.15) is 18.1 Å². The maximum Gasteiger partial charge on any atom is 0.326 e. The number of rotatable bonds is 14. The molecule has 1 heterocycles. The molecule has 3 unspecified atom stereocenters. The van der Waals surface area contributed by atoms with Crippen LogP contribution in [0.15, 0.2) is 30.5 Å². The van der Waals surface area contributed by atoms with Crippen LogP contribution in [0.2, 0.25) is 0 Å². The van der Waals surface area contributed by atoms with Crippen molar-refractivity contribution in [3.63, 3.8) is 0 Å². The molecule has 2 aromatic rings. The first-order valence-corrected chi connectivity index (χ1v) is 10.9. The van der Waals surface area contributed by atoms with Gasteiger partial charge in [0.2, 0.25) is 23.6 Å². The number of primary amides is 1. The summed E-state index contributed by atoms with van der Waals surface area (Å²) in [5.74, 6) is -6.23. The van der Waals surface area contributed by atoms with Crippen molar-refractivity contribution in [3.05, 3.63) is 36.0 Å². The van der Waals surface area contributed by atoms with Crippen LogP contribution in [0.4, 0.5) is 0 Å². The number of H-pyrrole nitrogens is 1. The van der Waals surface area contributed by atoms with Gasteiger partial charge >= 0.3 is 11.9 Å². The number of carboxylic acids is 2. The normalized spacial score (nSPS) is 13.2. The lowest BCUT2D eigenvalue weighted by Crippen LogP contribution is -2.57. The monoisotopic (exact) mass is 504 g/mol. The van der Waals surface area contributed by atoms with E-state index in [1.54, 1.807) is 30.5 Å². The van der Waals surface area contributed by atoms with Gasteiger partial charge in [0.25, 0.3) is 0 Å². The van der Waals surface area contributed by atoms with Crippen LogP contribution in [0.3, 0.4) is 0 Å². The number of carbonyl (C=O) groups excluding carboxylic acids is 4. The number of carboxylic acid groups (broad SMARTS) is 2. The van der Waals surface area contributed by atoms with Crippen LogP contribution in [0.5, 0.6) is 0 Å². The van der Waals surface area contributed by atoms with Crippen LogP contribution < -0.4 is 27.4 Å². The number of aromatic amines is 1. The fraction of sp³-hybridized carbons (Fsp3) is 0.364. The number of amides is 4. The van der Waals surface area contributed by atoms with E-state index in [-0.39, 0.29) is 19.3 Å². The van der Waals surface area contributed by atoms with Gasteiger partial charge in [-0.2, -0.15) is 0 Å². The zero-order valence-corrected chi connectivity index (χ0v) is 19.2. The molecule has 0 saturated heterocycles. The summed E-state index contributed by atoms with van der Waals surface area (Å²) in [6.07, 6.45) is 0.147. The molecule has 14 heteroatoms. The lowest BCUT2D eigenvalue weighted by molar-refractivity contribution is -0.143. The van der Waals surface area contributed by atoms with E-state index in [0.29, 0.717) is 5.56 Å². The number of nitrogens with one attached hydrogen (secondary N) is 4. The van der Waals surface area contributed by atoms with Crippen LogP contribution in [-0.2, 0) is 35.2 Å². The van der Waals surface area contributed by atoms with Gasteiger partial charge in [0.15, 0.2) is 0 Å². The minimum absolute atomic E-state index is 0.103. The van der Waals surface area contributed by atoms with E-state index in [4.69, 9.17) is 16.6 Å². The predicted octanol–water partition coefficient (Wildman–Crippen LogP) is -2.05. The molecule has 10 N–H and O–H groups in total. The second-order valence-electron chi connectivity index (χ2n) is 7.95. The fourth-order valence-electron chi connectivity index (χ4n) is 3.46. The van der Waals surface area contributed by atoms with Crippen molar-refractivity contribution in [3.8, 4) is 0 Å². The molecule has 36 heavy (non-hydrogen) atoms. The van der Waals surface area contributed by atoms with Crippen molar-refractivity contribution in [1.82, 2.24) is 20.9 Å². The molecule has 0 fully saturated rings. The SMILES string of the molecule is NCC(=O)NC(CC(=O)O)C(=O)NC(Cc1c[nH]c2ccccc12)C(=O)NC(CCC(N)=O)C(=O)O. The number of hydrogen-bond donors (Lipinski definition) is 8. The molecule has 2 rings (SSSR count). The average Bonchev–Trinajstić information content (AvgIpc) is 3.22. The summed E-state index contributed by atoms with van der Waals surface area (Å²) in [5, 5.41) is 26.1. The first-order valence-electron chi connectivity index (χ1n) is 10.9. The number of carbonyl (C=O) groups is 6. The minimum atomic E-state index is -1.54. The molecule has 1 aromatic heterocycles. The lowest BCUT2D eigenvalue weighted by Gasteiger charge is -2.24. The Kier molecular flexibility index (Phi) is 9.92. The standard InChI is InChI=1S/C22H28N6O8/c23-9-18(30)26-16(8-19(31)32)21(34)28-15(7-11-10-25-13-4-2-1-3-12(11)13)20(33)27-14(22(35)36)5-6-17(24)29/h1-4,10,14-16,25H,5-9,23H2,(H2,24,29)(H,26,30)(H,27,33)(H,28,34)(H,31,32)(H,35,36). The smallest absolute Gasteiger partial charge is 0.326 e. The Morgan fingerprint density at radius 1 is 0.917 bits per heavy atom. The van der Waals surface area contributed by atoms with E-state index >= 15 is 0 Å². The Morgan fingerprint density at radius 3 is 2.17 bits per heavy atom. The highest BCUT2D eigenvalue weighted by atomic mass is 16.4. The Labute approximate surface area is 204 Å². The third-order valence-corrected chi connectivity index (χ3v) is 5.24. The minimum Gasteiger partial charge on any atom is -0.481 e. The van der Waals surface area contributed by atoms with Gasteiger partial charge in [-0.25, -0.2) is 4.79 Å². The number of hydrogen-bond acceptors (Lipinski definition) is 7. The summed E-state index contributed by atoms with van der Waals surface area (Å²) < 4.78 is 0. The third-order valence-electron chi connectivity index (χ3n) is 5.24. The third kappa shape index (κ3) is 8.09. The van der Waals surface area contributed by atoms with Crippen LogP contribution in [0, 0.1) is 0 Å². The van der Waals surface area contributed by atoms with Crippen molar-refractivity contribution >= 4 is 46.5 Å². The van der Waals surface area contributed by atoms with Crippen molar-refractivity contribution in [2.24, 2.45) is 11.5 Å². The number of para-hydroxylation sites is 1. The van der Waals surface area contributed by atoms with Crippen molar-refractivity contribution < 1.29 is 39.0 Å². The van der Waals surface area contributed by atoms with Gasteiger partial charge in [0, 0.05) is 29.9 Å². The summed E-state index contributed by atoms with van der Waals surface area (Å²) in [5.41, 5.74) is 11.7. The maximum atomic E-state index is 13.1. The molecule has 3 atom stereocenters. The molecule has 194 valence electrons. The maximum absolute atomic E-state index is 13.1. The lowest BCUT2D eigenvalue weighted by atomic mass is 10.0. The Morgan fingerprint density at radius 2 is 1.56 bits per heavy atom. The molecule has 0 spiro atoms. The molecule has 0 aliphatic heterocycles. The molecular weight excluding hydrogens is 476 g/mol. The van der Waals surface area contributed by atoms with Crippen molar-refractivity contribution in [2.45, 2.75) is 43.8 Å². The highest BCUT2D eigenvalue weighted by Crippen LogP contribution is 2.19. The molecule has 0 aliphatic carbocycles. The molecule has 1 aromatic carbocycles. The number of nitrogens with two attached hydrogens (primary N) is 2. The summed E-state index contributed by atoms with van der Waals surface area (Å²) in [6.45, 7) is -0.497. The van der Waals surface area contributed by atoms with Crippen molar-refractivity contribution in [1.29, 1.82) is 0 Å². The van der Waals surface area contributed by atoms with E-state index in [1.807, 2.05) is 0 Å². The van der Waals surface area contributed by atoms with Crippen LogP contribution in [0.1, 0.15) is 24.8 Å². The van der Waals surface area contributed by atoms with Gasteiger partial charge < -0.3 is 42.6 Å². The molecular formula is C22H28N6O8. The zero-order valence-electron chi connectivity index (χ0n) is 19.2. The largest absolute Gasteiger partial charge is 0.481 e. The quantitative estimate of drug-likeness (QED) is 0.141. The summed E-state index contributed by atoms with van der Waals surface area (Å²) >= 11 is 0. The van der Waals surface area contributed by atoms with E-state index in [1.165, 1.54) is 0 Å². The molecule has 0 aliphatic rings. The van der Waals surface area contributed by atoms with E-state index in [2.05, 4.69) is 20.9 Å². The molecule has 0 bridgehead atoms. The van der Waals surface area contributed by atoms with E-state index < -0.39 is 66.7 Å². The number of aromatic nitrogens is 1. The first-order chi connectivity index (χ1) is 17.0. The number of aliphatic carboxylic acids is 2. The summed E-state index contributed by atoms with van der Waals surface area (Å²) in [7, 11) is 0. The van der Waals surface area contributed by atoms with Gasteiger partial charge in [-0.05, 0) is 18.1 Å². The summed E-state index contributed by atoms with van der Waals surface area (Å²) in [4.78, 5) is 74.5. The Bertz CT molecular complexity index is 1150. The highest BCUT2D eigenvalue weighted by Gasteiger charge is 2.31.